The number of aliphatic hydroxyl groups is 1. The van der Waals surface area contributed by atoms with Crippen LogP contribution < -0.4 is 0 Å². The number of aliphatic hydroxyl groups excluding tert-OH is 1. The minimum atomic E-state index is -0.479. The molecule has 0 aliphatic carbocycles. The Kier molecular flexibility index (Phi) is 3.09. The summed E-state index contributed by atoms with van der Waals surface area (Å²) in [5.74, 6) is -0.303. The molecule has 116 valence electrons. The molecule has 23 heavy (non-hydrogen) atoms. The van der Waals surface area contributed by atoms with Gasteiger partial charge in [0.1, 0.15) is 16.7 Å². The molecule has 2 aromatic carbocycles. The van der Waals surface area contributed by atoms with Crippen molar-refractivity contribution in [3.63, 3.8) is 0 Å². The molecule has 0 unspecified atom stereocenters. The van der Waals surface area contributed by atoms with E-state index in [1.165, 1.54) is 0 Å². The molecule has 5 nitrogen and oxygen atoms in total. The van der Waals surface area contributed by atoms with E-state index >= 15 is 0 Å². The summed E-state index contributed by atoms with van der Waals surface area (Å²) >= 11 is 0. The van der Waals surface area contributed by atoms with Gasteiger partial charge in [0.25, 0.3) is 0 Å². The van der Waals surface area contributed by atoms with Gasteiger partial charge in [0.15, 0.2) is 0 Å². The van der Waals surface area contributed by atoms with Crippen molar-refractivity contribution in [2.75, 3.05) is 6.61 Å². The van der Waals surface area contributed by atoms with Gasteiger partial charge in [-0.05, 0) is 25.1 Å². The molecule has 0 spiro atoms. The van der Waals surface area contributed by atoms with E-state index in [4.69, 9.17) is 13.6 Å². The van der Waals surface area contributed by atoms with Crippen LogP contribution >= 0.6 is 0 Å². The fourth-order valence-corrected chi connectivity index (χ4v) is 2.82. The number of carbonyl (C=O) groups is 1. The van der Waals surface area contributed by atoms with Crippen molar-refractivity contribution in [2.24, 2.45) is 0 Å². The van der Waals surface area contributed by atoms with E-state index < -0.39 is 5.97 Å². The number of hydrogen-bond donors (Lipinski definition) is 1. The fraction of sp³-hybridized carbons (Fsp3) is 0.167. The lowest BCUT2D eigenvalue weighted by Gasteiger charge is -1.96. The first kappa shape index (κ1) is 13.8. The molecule has 2 aromatic heterocycles. The van der Waals surface area contributed by atoms with Crippen molar-refractivity contribution < 1.29 is 23.5 Å². The van der Waals surface area contributed by atoms with Crippen molar-refractivity contribution >= 4 is 38.9 Å². The molecular formula is C18H14O5. The van der Waals surface area contributed by atoms with E-state index in [-0.39, 0.29) is 12.4 Å². The minimum Gasteiger partial charge on any atom is -0.460 e. The number of furan rings is 2. The summed E-state index contributed by atoms with van der Waals surface area (Å²) in [6, 6.07) is 11.0. The highest BCUT2D eigenvalue weighted by Crippen LogP contribution is 2.34. The number of para-hydroxylation sites is 1. The first-order valence-corrected chi connectivity index (χ1v) is 7.37. The van der Waals surface area contributed by atoms with E-state index in [0.29, 0.717) is 23.4 Å². The highest BCUT2D eigenvalue weighted by atomic mass is 16.5. The van der Waals surface area contributed by atoms with E-state index in [9.17, 15) is 9.90 Å². The molecule has 0 saturated heterocycles. The smallest absolute Gasteiger partial charge is 0.374 e. The monoisotopic (exact) mass is 310 g/mol. The normalized spacial score (nSPS) is 11.6. The molecule has 0 radical (unpaired) electrons. The van der Waals surface area contributed by atoms with Crippen LogP contribution in [-0.2, 0) is 11.3 Å². The molecule has 5 heteroatoms. The lowest BCUT2D eigenvalue weighted by Crippen LogP contribution is -2.02. The Morgan fingerprint density at radius 1 is 1.13 bits per heavy atom. The van der Waals surface area contributed by atoms with Gasteiger partial charge in [-0.3, -0.25) is 0 Å². The third-order valence-corrected chi connectivity index (χ3v) is 3.86. The number of rotatable bonds is 3. The first-order valence-electron chi connectivity index (χ1n) is 7.37. The third-order valence-electron chi connectivity index (χ3n) is 3.86. The number of esters is 1. The molecule has 1 N–H and O–H groups in total. The van der Waals surface area contributed by atoms with Crippen molar-refractivity contribution in [3.05, 3.63) is 47.7 Å². The Labute approximate surface area is 131 Å². The Morgan fingerprint density at radius 2 is 2.00 bits per heavy atom. The number of carbonyl (C=O) groups excluding carboxylic acids is 1. The van der Waals surface area contributed by atoms with Gasteiger partial charge < -0.3 is 18.7 Å². The molecule has 0 amide bonds. The predicted molar refractivity (Wildman–Crippen MR) is 85.4 cm³/mol. The summed E-state index contributed by atoms with van der Waals surface area (Å²) in [5.41, 5.74) is 2.69. The topological polar surface area (TPSA) is 72.8 Å². The van der Waals surface area contributed by atoms with Gasteiger partial charge in [-0.1, -0.05) is 18.2 Å². The second-order valence-corrected chi connectivity index (χ2v) is 5.27. The molecule has 0 fully saturated rings. The Balaban J connectivity index is 1.96. The van der Waals surface area contributed by atoms with E-state index in [2.05, 4.69) is 0 Å². The predicted octanol–water partition coefficient (Wildman–Crippen LogP) is 4.00. The lowest BCUT2D eigenvalue weighted by molar-refractivity contribution is 0.0492. The van der Waals surface area contributed by atoms with Gasteiger partial charge >= 0.3 is 5.97 Å². The molecule has 4 aromatic rings. The average molecular weight is 310 g/mol. The van der Waals surface area contributed by atoms with Crippen LogP contribution in [0, 0.1) is 0 Å². The summed E-state index contributed by atoms with van der Waals surface area (Å²) in [6.07, 6.45) is 0. The van der Waals surface area contributed by atoms with Crippen LogP contribution in [0.25, 0.3) is 32.9 Å². The van der Waals surface area contributed by atoms with Crippen LogP contribution in [-0.4, -0.2) is 17.7 Å². The molecule has 0 saturated carbocycles. The van der Waals surface area contributed by atoms with Crippen LogP contribution in [0.1, 0.15) is 23.0 Å². The van der Waals surface area contributed by atoms with Crippen molar-refractivity contribution in [3.8, 4) is 0 Å². The number of benzene rings is 2. The number of ether oxygens (including phenoxy) is 1. The number of hydrogen-bond acceptors (Lipinski definition) is 5. The molecule has 4 rings (SSSR count). The van der Waals surface area contributed by atoms with E-state index in [0.717, 1.165) is 21.7 Å². The minimum absolute atomic E-state index is 0.0831. The van der Waals surface area contributed by atoms with Crippen LogP contribution in [0.5, 0.6) is 0 Å². The summed E-state index contributed by atoms with van der Waals surface area (Å²) in [6.45, 7) is 1.96. The maximum absolute atomic E-state index is 11.8. The quantitative estimate of drug-likeness (QED) is 0.579. The molecule has 0 aliphatic heterocycles. The van der Waals surface area contributed by atoms with Crippen molar-refractivity contribution in [2.45, 2.75) is 13.5 Å². The Bertz CT molecular complexity index is 1040. The summed E-state index contributed by atoms with van der Waals surface area (Å²) in [7, 11) is 0. The van der Waals surface area contributed by atoms with Gasteiger partial charge in [0.05, 0.1) is 13.2 Å². The molecule has 0 atom stereocenters. The Morgan fingerprint density at radius 3 is 2.78 bits per heavy atom. The highest BCUT2D eigenvalue weighted by molar-refractivity contribution is 6.10. The van der Waals surface area contributed by atoms with Crippen LogP contribution in [0.15, 0.2) is 45.2 Å². The largest absolute Gasteiger partial charge is 0.460 e. The first-order chi connectivity index (χ1) is 11.2. The Hall–Kier alpha value is -2.79. The van der Waals surface area contributed by atoms with E-state index in [1.807, 2.05) is 30.3 Å². The average Bonchev–Trinajstić information content (AvgIpc) is 3.13. The standard InChI is InChI=1S/C18H14O5/c1-2-21-18(20)16-7-11-6-15-13(8-14(11)22-16)12-5-3-4-10(9-19)17(12)23-15/h3-8,19H,2,9H2,1H3. The second kappa shape index (κ2) is 5.14. The van der Waals surface area contributed by atoms with E-state index in [1.54, 1.807) is 13.0 Å². The summed E-state index contributed by atoms with van der Waals surface area (Å²) in [4.78, 5) is 11.8. The zero-order valence-electron chi connectivity index (χ0n) is 12.5. The maximum Gasteiger partial charge on any atom is 0.374 e. The van der Waals surface area contributed by atoms with Crippen LogP contribution in [0.3, 0.4) is 0 Å². The molecular weight excluding hydrogens is 296 g/mol. The van der Waals surface area contributed by atoms with Crippen molar-refractivity contribution in [1.82, 2.24) is 0 Å². The fourth-order valence-electron chi connectivity index (χ4n) is 2.82. The summed E-state index contributed by atoms with van der Waals surface area (Å²) in [5, 5.41) is 12.0. The van der Waals surface area contributed by atoms with Crippen LogP contribution in [0.2, 0.25) is 0 Å². The zero-order chi connectivity index (χ0) is 16.0. The van der Waals surface area contributed by atoms with Gasteiger partial charge in [-0.2, -0.15) is 0 Å². The summed E-state index contributed by atoms with van der Waals surface area (Å²) < 4.78 is 16.4. The van der Waals surface area contributed by atoms with Gasteiger partial charge in [-0.25, -0.2) is 4.79 Å². The maximum atomic E-state index is 11.8. The SMILES string of the molecule is CCOC(=O)c1cc2cc3oc4c(CO)cccc4c3cc2o1. The van der Waals surface area contributed by atoms with Crippen molar-refractivity contribution in [1.29, 1.82) is 0 Å². The van der Waals surface area contributed by atoms with Gasteiger partial charge in [0.2, 0.25) is 5.76 Å². The zero-order valence-corrected chi connectivity index (χ0v) is 12.5. The molecule has 0 aliphatic rings. The molecule has 2 heterocycles. The van der Waals surface area contributed by atoms with Crippen LogP contribution in [0.4, 0.5) is 0 Å². The van der Waals surface area contributed by atoms with Gasteiger partial charge in [-0.15, -0.1) is 0 Å². The van der Waals surface area contributed by atoms with Gasteiger partial charge in [0, 0.05) is 21.7 Å². The highest BCUT2D eigenvalue weighted by Gasteiger charge is 2.16. The second-order valence-electron chi connectivity index (χ2n) is 5.27. The molecule has 0 bridgehead atoms. The third kappa shape index (κ3) is 2.09. The lowest BCUT2D eigenvalue weighted by atomic mass is 10.1. The number of fused-ring (bicyclic) bond motifs is 4.